The maximum Gasteiger partial charge on any atom is 0.408 e. The fourth-order valence-electron chi connectivity index (χ4n) is 3.48. The zero-order valence-electron chi connectivity index (χ0n) is 22.8. The largest absolute Gasteiger partial charge is 0.494 e. The van der Waals surface area contributed by atoms with Gasteiger partial charge in [-0.2, -0.15) is 0 Å². The third kappa shape index (κ3) is 13.0. The normalized spacial score (nSPS) is 11.7. The van der Waals surface area contributed by atoms with Crippen molar-refractivity contribution in [3.05, 3.63) is 65.7 Å². The predicted molar refractivity (Wildman–Crippen MR) is 144 cm³/mol. The fourth-order valence-corrected chi connectivity index (χ4v) is 3.48. The lowest BCUT2D eigenvalue weighted by molar-refractivity contribution is -0.143. The average molecular weight is 529 g/mol. The molecule has 0 bridgehead atoms. The van der Waals surface area contributed by atoms with E-state index < -0.39 is 23.7 Å². The number of carbonyl (C=O) groups is 3. The van der Waals surface area contributed by atoms with Crippen LogP contribution in [0.25, 0.3) is 0 Å². The van der Waals surface area contributed by atoms with Crippen molar-refractivity contribution in [2.24, 2.45) is 0 Å². The Morgan fingerprint density at radius 1 is 0.842 bits per heavy atom. The average Bonchev–Trinajstić information content (AvgIpc) is 2.88. The van der Waals surface area contributed by atoms with Gasteiger partial charge in [0.1, 0.15) is 24.0 Å². The van der Waals surface area contributed by atoms with E-state index in [4.69, 9.17) is 18.9 Å². The Morgan fingerprint density at radius 2 is 1.53 bits per heavy atom. The maximum absolute atomic E-state index is 12.2. The smallest absolute Gasteiger partial charge is 0.408 e. The molecule has 0 aromatic heterocycles. The van der Waals surface area contributed by atoms with Gasteiger partial charge in [-0.05, 0) is 56.9 Å². The topological polar surface area (TPSA) is 112 Å². The summed E-state index contributed by atoms with van der Waals surface area (Å²) in [5.41, 5.74) is 1.20. The molecule has 0 aliphatic heterocycles. The molecule has 0 heterocycles. The minimum Gasteiger partial charge on any atom is -0.494 e. The van der Waals surface area contributed by atoms with E-state index >= 15 is 0 Å². The van der Waals surface area contributed by atoms with E-state index in [1.54, 1.807) is 0 Å². The highest BCUT2D eigenvalue weighted by Crippen LogP contribution is 2.15. The number of ether oxygens (including phenoxy) is 4. The molecule has 0 radical (unpaired) electrons. The number of carbonyl (C=O) groups excluding carboxylic acids is 3. The summed E-state index contributed by atoms with van der Waals surface area (Å²) >= 11 is 0. The molecule has 0 aliphatic carbocycles. The molecule has 0 saturated carbocycles. The lowest BCUT2D eigenvalue weighted by Gasteiger charge is -2.19. The first-order valence-corrected chi connectivity index (χ1v) is 12.9. The molecular formula is C29H40N2O7. The molecular weight excluding hydrogens is 488 g/mol. The third-order valence-corrected chi connectivity index (χ3v) is 5.36. The molecule has 2 amide bonds. The molecule has 2 N–H and O–H groups in total. The number of benzene rings is 2. The van der Waals surface area contributed by atoms with Gasteiger partial charge in [0, 0.05) is 13.0 Å². The van der Waals surface area contributed by atoms with Crippen molar-refractivity contribution in [1.82, 2.24) is 10.6 Å². The number of amides is 2. The molecule has 208 valence electrons. The van der Waals surface area contributed by atoms with Gasteiger partial charge in [0.05, 0.1) is 13.7 Å². The summed E-state index contributed by atoms with van der Waals surface area (Å²) in [7, 11) is 1.28. The summed E-state index contributed by atoms with van der Waals surface area (Å²) in [4.78, 5) is 36.0. The number of methoxy groups -OCH3 is 1. The van der Waals surface area contributed by atoms with Gasteiger partial charge in [-0.3, -0.25) is 0 Å². The van der Waals surface area contributed by atoms with Gasteiger partial charge in [0.25, 0.3) is 0 Å². The molecule has 0 spiro atoms. The number of hydrogen-bond acceptors (Lipinski definition) is 7. The molecule has 1 atom stereocenters. The number of nitrogens with one attached hydrogen (secondary N) is 2. The first-order valence-electron chi connectivity index (χ1n) is 12.9. The second-order valence-electron chi connectivity index (χ2n) is 9.82. The molecule has 1 unspecified atom stereocenters. The molecule has 2 aromatic carbocycles. The van der Waals surface area contributed by atoms with Crippen LogP contribution in [0.2, 0.25) is 0 Å². The number of hydrogen-bond donors (Lipinski definition) is 2. The van der Waals surface area contributed by atoms with Gasteiger partial charge in [-0.1, -0.05) is 55.3 Å². The Bertz CT molecular complexity index is 988. The Kier molecular flexibility index (Phi) is 13.0. The fraction of sp³-hybridized carbons (Fsp3) is 0.483. The number of unbranched alkanes of at least 4 members (excludes halogenated alkanes) is 3. The van der Waals surface area contributed by atoms with E-state index in [0.29, 0.717) is 13.2 Å². The Labute approximate surface area is 225 Å². The zero-order chi connectivity index (χ0) is 27.8. The van der Waals surface area contributed by atoms with Crippen LogP contribution < -0.4 is 15.4 Å². The van der Waals surface area contributed by atoms with Gasteiger partial charge in [-0.25, -0.2) is 14.4 Å². The number of alkyl carbamates (subject to hydrolysis) is 2. The molecule has 0 saturated heterocycles. The van der Waals surface area contributed by atoms with E-state index in [1.807, 2.05) is 75.4 Å². The van der Waals surface area contributed by atoms with Gasteiger partial charge >= 0.3 is 18.2 Å². The Hall–Kier alpha value is -3.75. The molecule has 2 rings (SSSR count). The van der Waals surface area contributed by atoms with Gasteiger partial charge < -0.3 is 29.6 Å². The minimum atomic E-state index is -0.875. The lowest BCUT2D eigenvalue weighted by Crippen LogP contribution is -2.43. The lowest BCUT2D eigenvalue weighted by atomic mass is 10.1. The van der Waals surface area contributed by atoms with Crippen LogP contribution in [0, 0.1) is 0 Å². The van der Waals surface area contributed by atoms with Crippen molar-refractivity contribution >= 4 is 18.2 Å². The molecule has 0 aliphatic rings. The highest BCUT2D eigenvalue weighted by atomic mass is 16.6. The second-order valence-corrected chi connectivity index (χ2v) is 9.82. The van der Waals surface area contributed by atoms with E-state index in [1.165, 1.54) is 7.11 Å². The molecule has 9 heteroatoms. The second kappa shape index (κ2) is 16.2. The summed E-state index contributed by atoms with van der Waals surface area (Å²) in [5, 5.41) is 5.34. The van der Waals surface area contributed by atoms with E-state index in [2.05, 4.69) is 10.6 Å². The molecule has 9 nitrogen and oxygen atoms in total. The monoisotopic (exact) mass is 528 g/mol. The van der Waals surface area contributed by atoms with Crippen molar-refractivity contribution in [2.45, 2.75) is 71.1 Å². The maximum atomic E-state index is 12.2. The van der Waals surface area contributed by atoms with E-state index in [-0.39, 0.29) is 19.1 Å². The highest BCUT2D eigenvalue weighted by molar-refractivity contribution is 5.81. The van der Waals surface area contributed by atoms with E-state index in [9.17, 15) is 14.4 Å². The van der Waals surface area contributed by atoms with Crippen LogP contribution in [-0.4, -0.2) is 50.1 Å². The van der Waals surface area contributed by atoms with Gasteiger partial charge in [0.2, 0.25) is 0 Å². The Morgan fingerprint density at radius 3 is 2.18 bits per heavy atom. The van der Waals surface area contributed by atoms with Crippen LogP contribution in [0.1, 0.15) is 57.6 Å². The quantitative estimate of drug-likeness (QED) is 0.198. The van der Waals surface area contributed by atoms with Crippen LogP contribution >= 0.6 is 0 Å². The summed E-state index contributed by atoms with van der Waals surface area (Å²) in [5.74, 6) is 0.175. The summed E-state index contributed by atoms with van der Waals surface area (Å²) in [6.45, 7) is 6.78. The summed E-state index contributed by atoms with van der Waals surface area (Å²) in [6, 6.07) is 15.8. The van der Waals surface area contributed by atoms with Crippen molar-refractivity contribution in [3.63, 3.8) is 0 Å². The zero-order valence-corrected chi connectivity index (χ0v) is 22.8. The van der Waals surface area contributed by atoms with Crippen molar-refractivity contribution in [3.8, 4) is 5.75 Å². The number of esters is 1. The standard InChI is InChI=1S/C29H40N2O7/c1-29(2,3)38-27(33)30-18-10-5-6-11-19-36-24-16-14-22(15-17-24)20-25(26(32)35-4)31-28(34)37-21-23-12-8-7-9-13-23/h7-9,12-17,25H,5-6,10-11,18-21H2,1-4H3,(H,30,33)(H,31,34). The molecule has 0 fully saturated rings. The van der Waals surface area contributed by atoms with Crippen molar-refractivity contribution < 1.29 is 33.3 Å². The van der Waals surface area contributed by atoms with Gasteiger partial charge in [0.15, 0.2) is 0 Å². The van der Waals surface area contributed by atoms with Crippen molar-refractivity contribution in [1.29, 1.82) is 0 Å². The summed E-state index contributed by atoms with van der Waals surface area (Å²) in [6.07, 6.45) is 2.92. The third-order valence-electron chi connectivity index (χ3n) is 5.36. The minimum absolute atomic E-state index is 0.107. The van der Waals surface area contributed by atoms with Crippen LogP contribution in [-0.2, 0) is 32.0 Å². The highest BCUT2D eigenvalue weighted by Gasteiger charge is 2.23. The molecule has 2 aromatic rings. The summed E-state index contributed by atoms with van der Waals surface area (Å²) < 4.78 is 21.1. The van der Waals surface area contributed by atoms with Crippen LogP contribution in [0.4, 0.5) is 9.59 Å². The van der Waals surface area contributed by atoms with Crippen LogP contribution in [0.5, 0.6) is 5.75 Å². The van der Waals surface area contributed by atoms with Gasteiger partial charge in [-0.15, -0.1) is 0 Å². The Balaban J connectivity index is 1.67. The predicted octanol–water partition coefficient (Wildman–Crippen LogP) is 5.16. The van der Waals surface area contributed by atoms with Crippen molar-refractivity contribution in [2.75, 3.05) is 20.3 Å². The van der Waals surface area contributed by atoms with Crippen LogP contribution in [0.3, 0.4) is 0 Å². The SMILES string of the molecule is COC(=O)C(Cc1ccc(OCCCCCCNC(=O)OC(C)(C)C)cc1)NC(=O)OCc1ccccc1. The van der Waals surface area contributed by atoms with E-state index in [0.717, 1.165) is 42.6 Å². The first kappa shape index (κ1) is 30.5. The molecule has 38 heavy (non-hydrogen) atoms. The number of rotatable bonds is 14. The first-order chi connectivity index (χ1) is 18.2. The van der Waals surface area contributed by atoms with Crippen LogP contribution in [0.15, 0.2) is 54.6 Å².